The zero-order valence-corrected chi connectivity index (χ0v) is 26.6. The number of pyridine rings is 1. The summed E-state index contributed by atoms with van der Waals surface area (Å²) in [5.74, 6) is 5.56. The second-order valence-corrected chi connectivity index (χ2v) is 14.9. The maximum absolute atomic E-state index is 14.1. The number of nitrogens with zero attached hydrogens (tertiary/aromatic N) is 6. The van der Waals surface area contributed by atoms with Crippen LogP contribution in [0, 0.1) is 0 Å². The first-order chi connectivity index (χ1) is 21.1. The Morgan fingerprint density at radius 1 is 1.05 bits per heavy atom. The Labute approximate surface area is 258 Å². The van der Waals surface area contributed by atoms with Gasteiger partial charge in [0.15, 0.2) is 0 Å². The maximum Gasteiger partial charge on any atom is 0.263 e. The predicted molar refractivity (Wildman–Crippen MR) is 179 cm³/mol. The Kier molecular flexibility index (Phi) is 8.13. The molecule has 228 valence electrons. The van der Waals surface area contributed by atoms with Crippen LogP contribution in [0.4, 0.5) is 11.6 Å². The topological polar surface area (TPSA) is 97.9 Å². The molecule has 5 aromatic rings. The SMILES string of the molecule is C=S(=O)(c1cccc(Cn2c(=O)c(-c3nccn3C)cc3cnc(Nc4ccc(C5CCN(C)CC5)cc4)nc32)c1)C(C)C. The molecule has 1 atom stereocenters. The summed E-state index contributed by atoms with van der Waals surface area (Å²) in [7, 11) is 1.55. The smallest absolute Gasteiger partial charge is 0.263 e. The van der Waals surface area contributed by atoms with E-state index in [0.29, 0.717) is 39.2 Å². The van der Waals surface area contributed by atoms with Gasteiger partial charge in [-0.15, -0.1) is 0 Å². The molecule has 2 aromatic carbocycles. The van der Waals surface area contributed by atoms with E-state index in [0.717, 1.165) is 24.3 Å². The number of aromatic nitrogens is 5. The van der Waals surface area contributed by atoms with Gasteiger partial charge in [0, 0.05) is 46.9 Å². The molecule has 4 heterocycles. The van der Waals surface area contributed by atoms with Gasteiger partial charge in [0.05, 0.1) is 12.1 Å². The molecule has 1 aliphatic heterocycles. The van der Waals surface area contributed by atoms with Gasteiger partial charge in [-0.3, -0.25) is 13.6 Å². The Balaban J connectivity index is 1.38. The van der Waals surface area contributed by atoms with Crippen molar-refractivity contribution in [1.29, 1.82) is 0 Å². The van der Waals surface area contributed by atoms with Crippen LogP contribution >= 0.6 is 0 Å². The van der Waals surface area contributed by atoms with E-state index in [1.807, 2.05) is 55.9 Å². The minimum atomic E-state index is -2.49. The Hall–Kier alpha value is -4.28. The van der Waals surface area contributed by atoms with E-state index in [1.165, 1.54) is 18.4 Å². The number of likely N-dealkylation sites (tertiary alicyclic amines) is 1. The van der Waals surface area contributed by atoms with Gasteiger partial charge in [0.1, 0.15) is 11.5 Å². The standard InChI is InChI=1S/C34H39N7O2S/c1-23(2)44(5,43)29-8-6-7-24(19-29)22-41-31-27(20-30(33(41)42)32-35-15-18-40(32)4)21-36-34(38-31)37-28-11-9-25(10-12-28)26-13-16-39(3)17-14-26/h6-12,15,18-21,23,26H,5,13-14,16-17,22H2,1-4H3,(H,36,37,38). The average Bonchev–Trinajstić information content (AvgIpc) is 3.45. The lowest BCUT2D eigenvalue weighted by molar-refractivity contribution is 0.255. The van der Waals surface area contributed by atoms with Gasteiger partial charge in [0.25, 0.3) is 5.56 Å². The summed E-state index contributed by atoms with van der Waals surface area (Å²) in [6, 6.07) is 17.8. The van der Waals surface area contributed by atoms with Gasteiger partial charge < -0.3 is 14.8 Å². The van der Waals surface area contributed by atoms with Gasteiger partial charge in [-0.05, 0) is 95.7 Å². The van der Waals surface area contributed by atoms with Crippen molar-refractivity contribution in [2.45, 2.75) is 49.3 Å². The fraction of sp³-hybridized carbons (Fsp3) is 0.324. The number of fused-ring (bicyclic) bond motifs is 1. The fourth-order valence-corrected chi connectivity index (χ4v) is 6.98. The van der Waals surface area contributed by atoms with E-state index in [9.17, 15) is 9.00 Å². The van der Waals surface area contributed by atoms with Crippen LogP contribution in [0.3, 0.4) is 0 Å². The molecular formula is C34H39N7O2S. The molecular weight excluding hydrogens is 570 g/mol. The van der Waals surface area contributed by atoms with Gasteiger partial charge in [-0.2, -0.15) is 4.98 Å². The molecule has 3 aromatic heterocycles. The van der Waals surface area contributed by atoms with E-state index in [4.69, 9.17) is 4.98 Å². The molecule has 1 unspecified atom stereocenters. The van der Waals surface area contributed by atoms with Crippen LogP contribution in [0.25, 0.3) is 22.4 Å². The molecule has 1 aliphatic rings. The molecule has 1 saturated heterocycles. The summed E-state index contributed by atoms with van der Waals surface area (Å²) in [5, 5.41) is 3.92. The number of hydrogen-bond acceptors (Lipinski definition) is 7. The first kappa shape index (κ1) is 29.8. The molecule has 1 N–H and O–H groups in total. The summed E-state index contributed by atoms with van der Waals surface area (Å²) in [4.78, 5) is 31.0. The van der Waals surface area contributed by atoms with Crippen molar-refractivity contribution < 1.29 is 4.21 Å². The predicted octanol–water partition coefficient (Wildman–Crippen LogP) is 5.28. The van der Waals surface area contributed by atoms with Gasteiger partial charge in [-0.1, -0.05) is 38.1 Å². The van der Waals surface area contributed by atoms with Crippen molar-refractivity contribution >= 4 is 38.1 Å². The van der Waals surface area contributed by atoms with Crippen molar-refractivity contribution in [2.75, 3.05) is 25.5 Å². The third-order valence-corrected chi connectivity index (χ3v) is 11.2. The second-order valence-electron chi connectivity index (χ2n) is 12.0. The Morgan fingerprint density at radius 3 is 2.48 bits per heavy atom. The fourth-order valence-electron chi connectivity index (χ4n) is 5.77. The van der Waals surface area contributed by atoms with Gasteiger partial charge in [0.2, 0.25) is 5.95 Å². The highest BCUT2D eigenvalue weighted by molar-refractivity contribution is 8.00. The van der Waals surface area contributed by atoms with Crippen LogP contribution in [0.2, 0.25) is 0 Å². The summed E-state index contributed by atoms with van der Waals surface area (Å²) >= 11 is 0. The lowest BCUT2D eigenvalue weighted by Crippen LogP contribution is -2.29. The number of aryl methyl sites for hydroxylation is 1. The van der Waals surface area contributed by atoms with Crippen molar-refractivity contribution in [3.63, 3.8) is 0 Å². The summed E-state index contributed by atoms with van der Waals surface area (Å²) in [6.45, 7) is 6.29. The molecule has 0 aliphatic carbocycles. The van der Waals surface area contributed by atoms with Gasteiger partial charge in [-0.25, -0.2) is 9.97 Å². The van der Waals surface area contributed by atoms with E-state index in [-0.39, 0.29) is 17.4 Å². The third kappa shape index (κ3) is 5.92. The van der Waals surface area contributed by atoms with Crippen molar-refractivity contribution in [3.8, 4) is 11.4 Å². The zero-order chi connectivity index (χ0) is 31.0. The average molecular weight is 610 g/mol. The number of imidazole rings is 1. The molecule has 0 amide bonds. The van der Waals surface area contributed by atoms with Crippen LogP contribution in [0.15, 0.2) is 82.9 Å². The second kappa shape index (κ2) is 12.0. The number of piperidine rings is 1. The highest BCUT2D eigenvalue weighted by Crippen LogP contribution is 2.29. The van der Waals surface area contributed by atoms with E-state index < -0.39 is 9.52 Å². The van der Waals surface area contributed by atoms with Crippen molar-refractivity contribution in [2.24, 2.45) is 7.05 Å². The quantitative estimate of drug-likeness (QED) is 0.239. The van der Waals surface area contributed by atoms with Gasteiger partial charge >= 0.3 is 0 Å². The van der Waals surface area contributed by atoms with E-state index in [1.54, 1.807) is 23.0 Å². The van der Waals surface area contributed by atoms with Crippen LogP contribution in [0.5, 0.6) is 0 Å². The molecule has 0 saturated carbocycles. The molecule has 1 fully saturated rings. The minimum Gasteiger partial charge on any atom is -0.334 e. The van der Waals surface area contributed by atoms with E-state index in [2.05, 4.69) is 57.4 Å². The van der Waals surface area contributed by atoms with Crippen LogP contribution in [-0.2, 0) is 23.1 Å². The maximum atomic E-state index is 14.1. The highest BCUT2D eigenvalue weighted by atomic mass is 32.2. The molecule has 44 heavy (non-hydrogen) atoms. The van der Waals surface area contributed by atoms with Crippen molar-refractivity contribution in [1.82, 2.24) is 29.0 Å². The highest BCUT2D eigenvalue weighted by Gasteiger charge is 2.20. The Bertz CT molecular complexity index is 1970. The van der Waals surface area contributed by atoms with Crippen LogP contribution < -0.4 is 10.9 Å². The first-order valence-electron chi connectivity index (χ1n) is 15.0. The van der Waals surface area contributed by atoms with Crippen LogP contribution in [-0.4, -0.2) is 64.5 Å². The number of benzene rings is 2. The molecule has 0 radical (unpaired) electrons. The third-order valence-electron chi connectivity index (χ3n) is 8.65. The molecule has 0 spiro atoms. The Morgan fingerprint density at radius 2 is 1.80 bits per heavy atom. The minimum absolute atomic E-state index is 0.118. The van der Waals surface area contributed by atoms with Crippen molar-refractivity contribution in [3.05, 3.63) is 94.7 Å². The molecule has 10 heteroatoms. The largest absolute Gasteiger partial charge is 0.334 e. The number of nitrogens with one attached hydrogen (secondary N) is 1. The zero-order valence-electron chi connectivity index (χ0n) is 25.7. The number of rotatable bonds is 8. The summed E-state index contributed by atoms with van der Waals surface area (Å²) < 4.78 is 16.8. The first-order valence-corrected chi connectivity index (χ1v) is 16.8. The summed E-state index contributed by atoms with van der Waals surface area (Å²) in [5.41, 5.74) is 3.80. The van der Waals surface area contributed by atoms with E-state index >= 15 is 0 Å². The van der Waals surface area contributed by atoms with Crippen LogP contribution in [0.1, 0.15) is 43.7 Å². The lowest BCUT2D eigenvalue weighted by atomic mass is 9.89. The molecule has 0 bridgehead atoms. The summed E-state index contributed by atoms with van der Waals surface area (Å²) in [6.07, 6.45) is 7.55. The normalized spacial score (nSPS) is 15.9. The lowest BCUT2D eigenvalue weighted by Gasteiger charge is -2.29. The monoisotopic (exact) mass is 609 g/mol. The molecule has 9 nitrogen and oxygen atoms in total. The number of anilines is 2. The molecule has 6 rings (SSSR count). The number of hydrogen-bond donors (Lipinski definition) is 1.